The van der Waals surface area contributed by atoms with E-state index >= 15 is 0 Å². The third kappa shape index (κ3) is 4.21. The van der Waals surface area contributed by atoms with Crippen LogP contribution in [0.15, 0.2) is 85.1 Å². The Morgan fingerprint density at radius 3 is 2.03 bits per heavy atom. The van der Waals surface area contributed by atoms with Gasteiger partial charge >= 0.3 is 0 Å². The highest BCUT2D eigenvalue weighted by molar-refractivity contribution is 6.30. The molecule has 1 aliphatic rings. The molecule has 1 aliphatic heterocycles. The first-order valence-electron chi connectivity index (χ1n) is 10.6. The number of nitrogens with zero attached hydrogens (tertiary/aromatic N) is 3. The molecule has 168 valence electrons. The fraction of sp³-hybridized carbons (Fsp3) is 0.0769. The minimum absolute atomic E-state index is 0.141. The van der Waals surface area contributed by atoms with Crippen molar-refractivity contribution in [2.24, 2.45) is 0 Å². The lowest BCUT2D eigenvalue weighted by Crippen LogP contribution is -2.29. The van der Waals surface area contributed by atoms with E-state index in [4.69, 9.17) is 11.6 Å². The number of rotatable bonds is 6. The molecule has 3 amide bonds. The van der Waals surface area contributed by atoms with Gasteiger partial charge in [0.15, 0.2) is 0 Å². The number of nitrogens with one attached hydrogen (secondary N) is 1. The quantitative estimate of drug-likeness (QED) is 0.416. The number of aromatic nitrogens is 2. The molecule has 34 heavy (non-hydrogen) atoms. The molecule has 8 heteroatoms. The number of amides is 3. The first-order valence-corrected chi connectivity index (χ1v) is 11.0. The molecule has 1 N–H and O–H groups in total. The largest absolute Gasteiger partial charge is 0.307 e. The minimum atomic E-state index is -0.309. The van der Waals surface area contributed by atoms with E-state index in [1.54, 1.807) is 65.5 Å². The van der Waals surface area contributed by atoms with Crippen LogP contribution in [0, 0.1) is 0 Å². The molecule has 7 nitrogen and oxygen atoms in total. The summed E-state index contributed by atoms with van der Waals surface area (Å²) in [5.41, 5.74) is 3.03. The number of halogens is 1. The molecule has 5 rings (SSSR count). The number of imide groups is 1. The van der Waals surface area contributed by atoms with Crippen LogP contribution >= 0.6 is 11.6 Å². The molecule has 0 saturated carbocycles. The normalized spacial score (nSPS) is 12.7. The Balaban J connectivity index is 1.25. The number of fused-ring (bicyclic) bond motifs is 1. The van der Waals surface area contributed by atoms with Gasteiger partial charge in [-0.2, -0.15) is 5.10 Å². The van der Waals surface area contributed by atoms with E-state index in [0.29, 0.717) is 34.1 Å². The maximum absolute atomic E-state index is 12.8. The van der Waals surface area contributed by atoms with Crippen molar-refractivity contribution < 1.29 is 14.4 Å². The van der Waals surface area contributed by atoms with Crippen molar-refractivity contribution in [2.75, 3.05) is 5.32 Å². The second-order valence-electron chi connectivity index (χ2n) is 7.89. The summed E-state index contributed by atoms with van der Waals surface area (Å²) in [6.45, 7) is 0.626. The van der Waals surface area contributed by atoms with Crippen LogP contribution in [0.3, 0.4) is 0 Å². The van der Waals surface area contributed by atoms with E-state index in [0.717, 1.165) is 11.1 Å². The van der Waals surface area contributed by atoms with E-state index in [9.17, 15) is 14.4 Å². The molecule has 0 spiro atoms. The van der Waals surface area contributed by atoms with E-state index in [-0.39, 0.29) is 24.3 Å². The molecule has 0 fully saturated rings. The monoisotopic (exact) mass is 470 g/mol. The molecular formula is C26H19ClN4O3. The number of anilines is 1. The lowest BCUT2D eigenvalue weighted by molar-refractivity contribution is 0.0642. The standard InChI is InChI=1S/C26H19ClN4O3/c27-20-11-7-18(8-12-20)16-31-23(13-14-28-31)29-24(32)19-9-5-17(6-10-19)15-30-25(33)21-3-1-2-4-22(21)26(30)34/h1-14H,15-16H2,(H,29,32). The molecule has 1 aromatic heterocycles. The Morgan fingerprint density at radius 2 is 1.38 bits per heavy atom. The Hall–Kier alpha value is -4.23. The molecule has 3 aromatic carbocycles. The number of hydrogen-bond donors (Lipinski definition) is 1. The van der Waals surface area contributed by atoms with Crippen LogP contribution in [0.4, 0.5) is 5.82 Å². The van der Waals surface area contributed by atoms with Crippen molar-refractivity contribution in [3.8, 4) is 0 Å². The summed E-state index contributed by atoms with van der Waals surface area (Å²) >= 11 is 5.94. The minimum Gasteiger partial charge on any atom is -0.307 e. The van der Waals surface area contributed by atoms with Crippen LogP contribution in [-0.2, 0) is 13.1 Å². The summed E-state index contributed by atoms with van der Waals surface area (Å²) in [4.78, 5) is 39.1. The van der Waals surface area contributed by atoms with E-state index < -0.39 is 0 Å². The summed E-state index contributed by atoms with van der Waals surface area (Å²) in [7, 11) is 0. The number of hydrogen-bond acceptors (Lipinski definition) is 4. The van der Waals surface area contributed by atoms with Crippen LogP contribution in [0.1, 0.15) is 42.2 Å². The van der Waals surface area contributed by atoms with Crippen LogP contribution in [0.5, 0.6) is 0 Å². The van der Waals surface area contributed by atoms with Crippen LogP contribution in [0.2, 0.25) is 5.02 Å². The molecule has 0 saturated heterocycles. The zero-order valence-electron chi connectivity index (χ0n) is 17.9. The van der Waals surface area contributed by atoms with Gasteiger partial charge in [0.05, 0.1) is 30.4 Å². The third-order valence-electron chi connectivity index (χ3n) is 5.64. The summed E-state index contributed by atoms with van der Waals surface area (Å²) in [5, 5.41) is 7.81. The average molecular weight is 471 g/mol. The van der Waals surface area contributed by atoms with Crippen LogP contribution in [0.25, 0.3) is 0 Å². The topological polar surface area (TPSA) is 84.3 Å². The lowest BCUT2D eigenvalue weighted by Gasteiger charge is -2.14. The predicted octanol–water partition coefficient (Wildman–Crippen LogP) is 4.63. The summed E-state index contributed by atoms with van der Waals surface area (Å²) in [6.07, 6.45) is 1.62. The SMILES string of the molecule is O=C(Nc1ccnn1Cc1ccc(Cl)cc1)c1ccc(CN2C(=O)c3ccccc3C2=O)cc1. The van der Waals surface area contributed by atoms with Gasteiger partial charge in [-0.3, -0.25) is 19.3 Å². The van der Waals surface area contributed by atoms with Gasteiger partial charge in [0.2, 0.25) is 0 Å². The van der Waals surface area contributed by atoms with Crippen molar-refractivity contribution in [3.63, 3.8) is 0 Å². The second-order valence-corrected chi connectivity index (χ2v) is 8.33. The summed E-state index contributed by atoms with van der Waals surface area (Å²) < 4.78 is 1.69. The van der Waals surface area contributed by atoms with Gasteiger partial charge in [0.1, 0.15) is 5.82 Å². The van der Waals surface area contributed by atoms with E-state index in [1.165, 1.54) is 4.90 Å². The van der Waals surface area contributed by atoms with E-state index in [1.807, 2.05) is 24.3 Å². The van der Waals surface area contributed by atoms with Gasteiger partial charge in [-0.15, -0.1) is 0 Å². The molecule has 2 heterocycles. The fourth-order valence-corrected chi connectivity index (χ4v) is 3.97. The number of benzene rings is 3. The highest BCUT2D eigenvalue weighted by Crippen LogP contribution is 2.24. The van der Waals surface area contributed by atoms with Crippen molar-refractivity contribution in [1.82, 2.24) is 14.7 Å². The van der Waals surface area contributed by atoms with Gasteiger partial charge in [0.25, 0.3) is 17.7 Å². The Kier molecular flexibility index (Phi) is 5.69. The zero-order chi connectivity index (χ0) is 23.7. The molecule has 0 aliphatic carbocycles. The Labute approximate surface area is 200 Å². The predicted molar refractivity (Wildman–Crippen MR) is 128 cm³/mol. The second kappa shape index (κ2) is 8.96. The highest BCUT2D eigenvalue weighted by Gasteiger charge is 2.34. The fourth-order valence-electron chi connectivity index (χ4n) is 3.84. The molecule has 0 unspecified atom stereocenters. The third-order valence-corrected chi connectivity index (χ3v) is 5.89. The summed E-state index contributed by atoms with van der Waals surface area (Å²) in [6, 6.07) is 22.8. The number of carbonyl (C=O) groups is 3. The average Bonchev–Trinajstić information content (AvgIpc) is 3.38. The Bertz CT molecular complexity index is 1360. The smallest absolute Gasteiger partial charge is 0.261 e. The Morgan fingerprint density at radius 1 is 0.794 bits per heavy atom. The molecular weight excluding hydrogens is 452 g/mol. The zero-order valence-corrected chi connectivity index (χ0v) is 18.7. The first kappa shape index (κ1) is 21.6. The maximum Gasteiger partial charge on any atom is 0.261 e. The molecule has 0 radical (unpaired) electrons. The van der Waals surface area contributed by atoms with Gasteiger partial charge in [-0.05, 0) is 47.5 Å². The molecule has 4 aromatic rings. The van der Waals surface area contributed by atoms with Gasteiger partial charge in [-0.25, -0.2) is 4.68 Å². The highest BCUT2D eigenvalue weighted by atomic mass is 35.5. The van der Waals surface area contributed by atoms with Crippen LogP contribution in [-0.4, -0.2) is 32.4 Å². The van der Waals surface area contributed by atoms with Gasteiger partial charge < -0.3 is 5.32 Å². The lowest BCUT2D eigenvalue weighted by atomic mass is 10.1. The summed E-state index contributed by atoms with van der Waals surface area (Å²) in [5.74, 6) is -0.340. The molecule has 0 atom stereocenters. The van der Waals surface area contributed by atoms with Crippen molar-refractivity contribution in [3.05, 3.63) is 118 Å². The van der Waals surface area contributed by atoms with E-state index in [2.05, 4.69) is 10.4 Å². The van der Waals surface area contributed by atoms with Crippen molar-refractivity contribution in [2.45, 2.75) is 13.1 Å². The van der Waals surface area contributed by atoms with Crippen LogP contribution < -0.4 is 5.32 Å². The number of carbonyl (C=O) groups excluding carboxylic acids is 3. The maximum atomic E-state index is 12.8. The van der Waals surface area contributed by atoms with Crippen molar-refractivity contribution >= 4 is 35.1 Å². The van der Waals surface area contributed by atoms with Gasteiger partial charge in [0, 0.05) is 16.7 Å². The van der Waals surface area contributed by atoms with Crippen molar-refractivity contribution in [1.29, 1.82) is 0 Å². The molecule has 0 bridgehead atoms. The first-order chi connectivity index (χ1) is 16.5. The van der Waals surface area contributed by atoms with Gasteiger partial charge in [-0.1, -0.05) is 48.0 Å².